The van der Waals surface area contributed by atoms with Gasteiger partial charge in [-0.2, -0.15) is 0 Å². The molecule has 3 heteroatoms. The summed E-state index contributed by atoms with van der Waals surface area (Å²) in [6, 6.07) is 5.36. The summed E-state index contributed by atoms with van der Waals surface area (Å²) in [7, 11) is 0. The topological polar surface area (TPSA) is 15.3 Å². The van der Waals surface area contributed by atoms with Crippen molar-refractivity contribution in [2.45, 2.75) is 39.3 Å². The molecule has 0 radical (unpaired) electrons. The zero-order chi connectivity index (χ0) is 11.9. The summed E-state index contributed by atoms with van der Waals surface area (Å²) in [6.45, 7) is 9.57. The van der Waals surface area contributed by atoms with Crippen molar-refractivity contribution >= 4 is 11.4 Å². The number of rotatable bonds is 1. The molecule has 0 aliphatic carbocycles. The lowest BCUT2D eigenvalue weighted by atomic mass is 9.95. The minimum Gasteiger partial charge on any atom is -0.381 e. The molecule has 1 aliphatic heterocycles. The van der Waals surface area contributed by atoms with E-state index in [4.69, 9.17) is 0 Å². The van der Waals surface area contributed by atoms with Gasteiger partial charge in [0.15, 0.2) is 0 Å². The van der Waals surface area contributed by atoms with Gasteiger partial charge in [0.25, 0.3) is 0 Å². The molecule has 16 heavy (non-hydrogen) atoms. The fourth-order valence-electron chi connectivity index (χ4n) is 2.56. The van der Waals surface area contributed by atoms with Crippen LogP contribution in [0.25, 0.3) is 0 Å². The normalized spacial score (nSPS) is 18.2. The Labute approximate surface area is 96.5 Å². The van der Waals surface area contributed by atoms with Crippen LogP contribution in [-0.4, -0.2) is 18.1 Å². The van der Waals surface area contributed by atoms with E-state index in [0.29, 0.717) is 6.04 Å². The lowest BCUT2D eigenvalue weighted by Crippen LogP contribution is -2.55. The number of fused-ring (bicyclic) bond motifs is 1. The first-order chi connectivity index (χ1) is 7.42. The second kappa shape index (κ2) is 3.65. The van der Waals surface area contributed by atoms with Crippen molar-refractivity contribution in [3.63, 3.8) is 0 Å². The molecule has 0 atom stereocenters. The molecule has 1 heterocycles. The number of anilines is 2. The van der Waals surface area contributed by atoms with E-state index in [9.17, 15) is 4.39 Å². The summed E-state index contributed by atoms with van der Waals surface area (Å²) in [5, 5.41) is 3.30. The minimum absolute atomic E-state index is 0.0546. The Morgan fingerprint density at radius 2 is 2.06 bits per heavy atom. The highest BCUT2D eigenvalue weighted by molar-refractivity contribution is 5.74. The quantitative estimate of drug-likeness (QED) is 0.784. The number of halogens is 1. The van der Waals surface area contributed by atoms with Crippen LogP contribution in [0.3, 0.4) is 0 Å². The fourth-order valence-corrected chi connectivity index (χ4v) is 2.56. The van der Waals surface area contributed by atoms with E-state index in [-0.39, 0.29) is 11.4 Å². The summed E-state index contributed by atoms with van der Waals surface area (Å²) in [4.78, 5) is 2.35. The molecule has 0 saturated carbocycles. The van der Waals surface area contributed by atoms with E-state index < -0.39 is 0 Å². The smallest absolute Gasteiger partial charge is 0.125 e. The van der Waals surface area contributed by atoms with Gasteiger partial charge in [0.2, 0.25) is 0 Å². The van der Waals surface area contributed by atoms with Crippen LogP contribution < -0.4 is 10.2 Å². The second-order valence-electron chi connectivity index (χ2n) is 5.29. The molecule has 1 N–H and O–H groups in total. The molecular formula is C13H19FN2. The van der Waals surface area contributed by atoms with Gasteiger partial charge in [0.1, 0.15) is 5.82 Å². The third-order valence-electron chi connectivity index (χ3n) is 3.10. The number of hydrogen-bond acceptors (Lipinski definition) is 2. The first-order valence-electron chi connectivity index (χ1n) is 5.74. The predicted octanol–water partition coefficient (Wildman–Crippen LogP) is 3.24. The molecule has 0 aromatic heterocycles. The largest absolute Gasteiger partial charge is 0.381 e. The molecule has 1 aliphatic rings. The van der Waals surface area contributed by atoms with Crippen molar-refractivity contribution in [2.24, 2.45) is 0 Å². The third kappa shape index (κ3) is 1.75. The van der Waals surface area contributed by atoms with Crippen molar-refractivity contribution in [1.82, 2.24) is 0 Å². The van der Waals surface area contributed by atoms with Crippen molar-refractivity contribution in [3.8, 4) is 0 Å². The highest BCUT2D eigenvalue weighted by Gasteiger charge is 2.34. The molecule has 2 nitrogen and oxygen atoms in total. The van der Waals surface area contributed by atoms with Gasteiger partial charge < -0.3 is 10.2 Å². The number of nitrogens with zero attached hydrogens (tertiary/aromatic N) is 1. The van der Waals surface area contributed by atoms with Gasteiger partial charge in [-0.1, -0.05) is 0 Å². The van der Waals surface area contributed by atoms with E-state index in [1.54, 1.807) is 6.07 Å². The van der Waals surface area contributed by atoms with Gasteiger partial charge in [0, 0.05) is 12.6 Å². The number of benzene rings is 1. The average molecular weight is 222 g/mol. The van der Waals surface area contributed by atoms with Crippen LogP contribution in [0.2, 0.25) is 0 Å². The third-order valence-corrected chi connectivity index (χ3v) is 3.10. The van der Waals surface area contributed by atoms with Crippen molar-refractivity contribution in [2.75, 3.05) is 16.8 Å². The highest BCUT2D eigenvalue weighted by atomic mass is 19.1. The Kier molecular flexibility index (Phi) is 2.56. The zero-order valence-corrected chi connectivity index (χ0v) is 10.3. The van der Waals surface area contributed by atoms with Crippen molar-refractivity contribution in [1.29, 1.82) is 0 Å². The zero-order valence-electron chi connectivity index (χ0n) is 10.3. The summed E-state index contributed by atoms with van der Waals surface area (Å²) >= 11 is 0. The Morgan fingerprint density at radius 1 is 1.38 bits per heavy atom. The fraction of sp³-hybridized carbons (Fsp3) is 0.538. The van der Waals surface area contributed by atoms with Gasteiger partial charge in [-0.05, 0) is 45.9 Å². The molecule has 0 bridgehead atoms. The van der Waals surface area contributed by atoms with E-state index in [0.717, 1.165) is 17.9 Å². The van der Waals surface area contributed by atoms with Gasteiger partial charge >= 0.3 is 0 Å². The maximum Gasteiger partial charge on any atom is 0.125 e. The second-order valence-corrected chi connectivity index (χ2v) is 5.29. The monoisotopic (exact) mass is 222 g/mol. The first kappa shape index (κ1) is 11.2. The molecule has 1 aromatic carbocycles. The summed E-state index contributed by atoms with van der Waals surface area (Å²) in [5.74, 6) is -0.185. The first-order valence-corrected chi connectivity index (χ1v) is 5.74. The van der Waals surface area contributed by atoms with E-state index in [1.807, 2.05) is 6.07 Å². The lowest BCUT2D eigenvalue weighted by Gasteiger charge is -2.48. The summed E-state index contributed by atoms with van der Waals surface area (Å²) < 4.78 is 13.2. The molecule has 2 rings (SSSR count). The van der Waals surface area contributed by atoms with Crippen molar-refractivity contribution < 1.29 is 4.39 Å². The molecule has 0 amide bonds. The molecular weight excluding hydrogens is 203 g/mol. The Morgan fingerprint density at radius 3 is 2.69 bits per heavy atom. The summed E-state index contributed by atoms with van der Waals surface area (Å²) in [6.07, 6.45) is 0. The van der Waals surface area contributed by atoms with Crippen LogP contribution in [0.15, 0.2) is 18.2 Å². The van der Waals surface area contributed by atoms with Crippen LogP contribution in [0.5, 0.6) is 0 Å². The molecule has 0 fully saturated rings. The van der Waals surface area contributed by atoms with Gasteiger partial charge in [-0.3, -0.25) is 0 Å². The Bertz CT molecular complexity index is 399. The van der Waals surface area contributed by atoms with Crippen LogP contribution >= 0.6 is 0 Å². The SMILES string of the molecule is CC(C)N1c2ccc(F)cc2NCC1(C)C. The number of nitrogens with one attached hydrogen (secondary N) is 1. The van der Waals surface area contributed by atoms with Crippen molar-refractivity contribution in [3.05, 3.63) is 24.0 Å². The van der Waals surface area contributed by atoms with E-state index in [1.165, 1.54) is 6.07 Å². The summed E-state index contributed by atoms with van der Waals surface area (Å²) in [5.41, 5.74) is 2.04. The Balaban J connectivity index is 2.50. The standard InChI is InChI=1S/C13H19FN2/c1-9(2)16-12-6-5-10(14)7-11(12)15-8-13(16,3)4/h5-7,9,15H,8H2,1-4H3. The van der Waals surface area contributed by atoms with Gasteiger partial charge in [-0.15, -0.1) is 0 Å². The van der Waals surface area contributed by atoms with E-state index in [2.05, 4.69) is 37.9 Å². The minimum atomic E-state index is -0.185. The lowest BCUT2D eigenvalue weighted by molar-refractivity contribution is 0.438. The van der Waals surface area contributed by atoms with Crippen LogP contribution in [0.1, 0.15) is 27.7 Å². The number of hydrogen-bond donors (Lipinski definition) is 1. The highest BCUT2D eigenvalue weighted by Crippen LogP contribution is 2.37. The average Bonchev–Trinajstić information content (AvgIpc) is 2.16. The van der Waals surface area contributed by atoms with Gasteiger partial charge in [-0.25, -0.2) is 4.39 Å². The maximum absolute atomic E-state index is 13.2. The van der Waals surface area contributed by atoms with E-state index >= 15 is 0 Å². The van der Waals surface area contributed by atoms with Gasteiger partial charge in [0.05, 0.1) is 16.9 Å². The molecule has 0 unspecified atom stereocenters. The molecule has 88 valence electrons. The molecule has 0 spiro atoms. The van der Waals surface area contributed by atoms with Crippen LogP contribution in [-0.2, 0) is 0 Å². The maximum atomic E-state index is 13.2. The molecule has 1 aromatic rings. The van der Waals surface area contributed by atoms with Crippen LogP contribution in [0.4, 0.5) is 15.8 Å². The molecule has 0 saturated heterocycles. The predicted molar refractivity (Wildman–Crippen MR) is 66.6 cm³/mol. The van der Waals surface area contributed by atoms with Crippen LogP contribution in [0, 0.1) is 5.82 Å². The Hall–Kier alpha value is -1.25.